The molecule has 0 aliphatic heterocycles. The SMILES string of the molecule is CCCCC/C=C/C/C=C/C/C=C/C/C=C/CCCCCC(=O)O[C@H](COC(=O)CCCCCCC/C=C/CCCCCCC)COP(=O)(O)OC1C(O)C(O)C(O)[C@H](O)C1O. The first kappa shape index (κ1) is 57.6. The summed E-state index contributed by atoms with van der Waals surface area (Å²) in [5.74, 6) is -1.15. The number of aliphatic hydroxyl groups is 5. The van der Waals surface area contributed by atoms with Gasteiger partial charge in [-0.05, 0) is 83.5 Å². The third kappa shape index (κ3) is 29.8. The minimum atomic E-state index is -5.13. The first-order valence-electron chi connectivity index (χ1n) is 23.6. The molecule has 0 radical (unpaired) electrons. The van der Waals surface area contributed by atoms with Gasteiger partial charge in [0.25, 0.3) is 0 Å². The van der Waals surface area contributed by atoms with Crippen LogP contribution in [-0.4, -0.2) is 98.3 Å². The van der Waals surface area contributed by atoms with Crippen molar-refractivity contribution in [3.63, 3.8) is 0 Å². The van der Waals surface area contributed by atoms with E-state index in [4.69, 9.17) is 18.5 Å². The second-order valence-electron chi connectivity index (χ2n) is 16.3. The third-order valence-corrected chi connectivity index (χ3v) is 11.6. The van der Waals surface area contributed by atoms with Crippen LogP contribution in [0.1, 0.15) is 174 Å². The van der Waals surface area contributed by atoms with Crippen LogP contribution in [-0.2, 0) is 32.7 Å². The lowest BCUT2D eigenvalue weighted by atomic mass is 9.85. The van der Waals surface area contributed by atoms with Crippen molar-refractivity contribution < 1.29 is 63.1 Å². The molecule has 1 aliphatic carbocycles. The number of aliphatic hydroxyl groups excluding tert-OH is 5. The van der Waals surface area contributed by atoms with E-state index in [0.717, 1.165) is 83.5 Å². The molecule has 0 heterocycles. The molecule has 13 nitrogen and oxygen atoms in total. The number of ether oxygens (including phenoxy) is 2. The fourth-order valence-corrected chi connectivity index (χ4v) is 7.71. The highest BCUT2D eigenvalue weighted by Crippen LogP contribution is 2.47. The Labute approximate surface area is 373 Å². The number of unbranched alkanes of at least 4 members (excludes halogenated alkanes) is 16. The van der Waals surface area contributed by atoms with Crippen molar-refractivity contribution >= 4 is 19.8 Å². The Hall–Kier alpha value is -2.45. The number of phosphoric ester groups is 1. The second-order valence-corrected chi connectivity index (χ2v) is 17.7. The topological polar surface area (TPSA) is 210 Å². The number of carbonyl (C=O) groups excluding carboxylic acids is 2. The Kier molecular flexibility index (Phi) is 35.2. The molecule has 0 spiro atoms. The number of esters is 2. The van der Waals surface area contributed by atoms with Crippen LogP contribution in [0.5, 0.6) is 0 Å². The summed E-state index contributed by atoms with van der Waals surface area (Å²) in [5.41, 5.74) is 0. The van der Waals surface area contributed by atoms with E-state index in [1.165, 1.54) is 51.4 Å². The average molecular weight is 899 g/mol. The number of allylic oxidation sites excluding steroid dienone is 10. The van der Waals surface area contributed by atoms with Gasteiger partial charge in [-0.15, -0.1) is 0 Å². The van der Waals surface area contributed by atoms with E-state index in [2.05, 4.69) is 74.6 Å². The van der Waals surface area contributed by atoms with E-state index in [1.54, 1.807) is 0 Å². The number of rotatable bonds is 38. The molecular weight excluding hydrogens is 815 g/mol. The van der Waals surface area contributed by atoms with Gasteiger partial charge in [-0.3, -0.25) is 18.6 Å². The predicted octanol–water partition coefficient (Wildman–Crippen LogP) is 9.33. The molecule has 0 aromatic heterocycles. The van der Waals surface area contributed by atoms with Gasteiger partial charge in [0.05, 0.1) is 6.61 Å². The maximum atomic E-state index is 12.8. The van der Waals surface area contributed by atoms with Crippen molar-refractivity contribution in [1.29, 1.82) is 0 Å². The molecule has 0 amide bonds. The number of hydrogen-bond donors (Lipinski definition) is 6. The molecule has 358 valence electrons. The van der Waals surface area contributed by atoms with Crippen LogP contribution in [0, 0.1) is 0 Å². The van der Waals surface area contributed by atoms with E-state index in [9.17, 15) is 44.6 Å². The van der Waals surface area contributed by atoms with Crippen molar-refractivity contribution in [2.45, 2.75) is 217 Å². The summed E-state index contributed by atoms with van der Waals surface area (Å²) in [6, 6.07) is 0. The predicted molar refractivity (Wildman–Crippen MR) is 244 cm³/mol. The van der Waals surface area contributed by atoms with E-state index < -0.39 is 75.7 Å². The largest absolute Gasteiger partial charge is 0.472 e. The summed E-state index contributed by atoms with van der Waals surface area (Å²) < 4.78 is 33.5. The van der Waals surface area contributed by atoms with Gasteiger partial charge in [-0.25, -0.2) is 4.57 Å². The quantitative estimate of drug-likeness (QED) is 0.0148. The molecule has 6 unspecified atom stereocenters. The summed E-state index contributed by atoms with van der Waals surface area (Å²) in [4.78, 5) is 35.7. The van der Waals surface area contributed by atoms with Gasteiger partial charge in [0.1, 0.15) is 43.2 Å². The zero-order valence-corrected chi connectivity index (χ0v) is 38.8. The van der Waals surface area contributed by atoms with E-state index in [-0.39, 0.29) is 12.8 Å². The highest BCUT2D eigenvalue weighted by Gasteiger charge is 2.51. The molecule has 1 fully saturated rings. The van der Waals surface area contributed by atoms with Gasteiger partial charge < -0.3 is 39.9 Å². The van der Waals surface area contributed by atoms with Gasteiger partial charge in [-0.1, -0.05) is 139 Å². The summed E-state index contributed by atoms with van der Waals surface area (Å²) in [6.07, 6.45) is 32.7. The fourth-order valence-electron chi connectivity index (χ4n) is 6.73. The smallest absolute Gasteiger partial charge is 0.462 e. The molecule has 1 saturated carbocycles. The molecule has 0 bridgehead atoms. The lowest BCUT2D eigenvalue weighted by Gasteiger charge is -2.41. The summed E-state index contributed by atoms with van der Waals surface area (Å²) >= 11 is 0. The Balaban J connectivity index is 2.49. The molecule has 8 atom stereocenters. The van der Waals surface area contributed by atoms with Gasteiger partial charge in [-0.2, -0.15) is 0 Å². The van der Waals surface area contributed by atoms with Crippen molar-refractivity contribution in [3.8, 4) is 0 Å². The van der Waals surface area contributed by atoms with Crippen LogP contribution in [0.15, 0.2) is 60.8 Å². The van der Waals surface area contributed by atoms with Crippen LogP contribution in [0.25, 0.3) is 0 Å². The van der Waals surface area contributed by atoms with Gasteiger partial charge in [0.15, 0.2) is 6.10 Å². The maximum absolute atomic E-state index is 12.8. The van der Waals surface area contributed by atoms with Crippen molar-refractivity contribution in [1.82, 2.24) is 0 Å². The Bertz CT molecular complexity index is 1320. The normalized spacial score (nSPS) is 22.4. The Morgan fingerprint density at radius 2 is 0.871 bits per heavy atom. The van der Waals surface area contributed by atoms with Crippen molar-refractivity contribution in [3.05, 3.63) is 60.8 Å². The van der Waals surface area contributed by atoms with Crippen LogP contribution >= 0.6 is 7.82 Å². The molecule has 62 heavy (non-hydrogen) atoms. The van der Waals surface area contributed by atoms with E-state index in [1.807, 2.05) is 0 Å². The number of phosphoric acid groups is 1. The molecule has 1 aliphatic rings. The van der Waals surface area contributed by atoms with Gasteiger partial charge >= 0.3 is 19.8 Å². The van der Waals surface area contributed by atoms with Gasteiger partial charge in [0, 0.05) is 12.8 Å². The van der Waals surface area contributed by atoms with Crippen molar-refractivity contribution in [2.24, 2.45) is 0 Å². The van der Waals surface area contributed by atoms with Crippen LogP contribution in [0.2, 0.25) is 0 Å². The zero-order chi connectivity index (χ0) is 45.7. The van der Waals surface area contributed by atoms with Crippen LogP contribution in [0.3, 0.4) is 0 Å². The Morgan fingerprint density at radius 3 is 1.39 bits per heavy atom. The standard InChI is InChI=1S/C48H83O13P/c1-3-5-7-9-11-13-15-17-19-20-21-22-23-25-27-29-31-33-35-37-42(50)60-40(39-59-62(56,57)61-48-46(54)44(52)43(51)45(53)47(48)55)38-58-41(49)36-34-32-30-28-26-24-18-16-14-12-10-8-6-4-2/h11,13,16-19,21-22,25,27,40,43-48,51-55H,3-10,12,14-15,20,23-24,26,28-39H2,1-2H3,(H,56,57)/b13-11+,18-16+,19-17+,22-21+,27-25+/t40-,43?,44+,45?,46?,47?,48?/m1/s1. The highest BCUT2D eigenvalue weighted by atomic mass is 31.2. The molecule has 0 aromatic carbocycles. The van der Waals surface area contributed by atoms with Crippen LogP contribution in [0.4, 0.5) is 0 Å². The molecule has 6 N–H and O–H groups in total. The fraction of sp³-hybridized carbons (Fsp3) is 0.750. The zero-order valence-electron chi connectivity index (χ0n) is 37.9. The first-order chi connectivity index (χ1) is 29.9. The van der Waals surface area contributed by atoms with Crippen molar-refractivity contribution in [2.75, 3.05) is 13.2 Å². The molecule has 0 saturated heterocycles. The highest BCUT2D eigenvalue weighted by molar-refractivity contribution is 7.47. The van der Waals surface area contributed by atoms with Gasteiger partial charge in [0.2, 0.25) is 0 Å². The lowest BCUT2D eigenvalue weighted by molar-refractivity contribution is -0.220. The molecule has 14 heteroatoms. The number of hydrogen-bond acceptors (Lipinski definition) is 12. The summed E-state index contributed by atoms with van der Waals surface area (Å²) in [6.45, 7) is 3.22. The lowest BCUT2D eigenvalue weighted by Crippen LogP contribution is -2.64. The second kappa shape index (κ2) is 37.9. The minimum absolute atomic E-state index is 0.0553. The summed E-state index contributed by atoms with van der Waals surface area (Å²) in [7, 11) is -5.13. The molecular formula is C48H83O13P. The van der Waals surface area contributed by atoms with E-state index >= 15 is 0 Å². The summed E-state index contributed by atoms with van der Waals surface area (Å²) in [5, 5.41) is 50.2. The maximum Gasteiger partial charge on any atom is 0.472 e. The first-order valence-corrected chi connectivity index (χ1v) is 25.1. The number of carbonyl (C=O) groups is 2. The van der Waals surface area contributed by atoms with Crippen LogP contribution < -0.4 is 0 Å². The minimum Gasteiger partial charge on any atom is -0.462 e. The van der Waals surface area contributed by atoms with E-state index in [0.29, 0.717) is 12.8 Å². The molecule has 1 rings (SSSR count). The third-order valence-electron chi connectivity index (χ3n) is 10.6. The monoisotopic (exact) mass is 899 g/mol. The Morgan fingerprint density at radius 1 is 0.500 bits per heavy atom. The molecule has 0 aromatic rings. The average Bonchev–Trinajstić information content (AvgIpc) is 3.25.